The fourth-order valence-corrected chi connectivity index (χ4v) is 3.59. The van der Waals surface area contributed by atoms with Gasteiger partial charge in [-0.05, 0) is 47.4 Å². The van der Waals surface area contributed by atoms with Crippen molar-refractivity contribution in [2.75, 3.05) is 12.4 Å². The first-order chi connectivity index (χ1) is 15.1. The van der Waals surface area contributed by atoms with Crippen molar-refractivity contribution in [2.45, 2.75) is 19.9 Å². The number of nitrogens with one attached hydrogen (secondary N) is 1. The Labute approximate surface area is 182 Å². The lowest BCUT2D eigenvalue weighted by molar-refractivity contribution is -0.137. The zero-order valence-corrected chi connectivity index (χ0v) is 17.6. The molecule has 1 heterocycles. The van der Waals surface area contributed by atoms with E-state index >= 15 is 0 Å². The molecule has 1 aliphatic rings. The first-order valence-electron chi connectivity index (χ1n) is 10.3. The molecule has 1 N–H and O–H groups in total. The summed E-state index contributed by atoms with van der Waals surface area (Å²) in [5, 5.41) is 3.20. The summed E-state index contributed by atoms with van der Waals surface area (Å²) in [4.78, 5) is 27.9. The van der Waals surface area contributed by atoms with E-state index in [1.807, 2.05) is 78.9 Å². The maximum absolute atomic E-state index is 13.3. The molecule has 1 aliphatic heterocycles. The van der Waals surface area contributed by atoms with Gasteiger partial charge in [-0.1, -0.05) is 61.5 Å². The molecule has 0 saturated heterocycles. The number of methoxy groups -OCH3 is 1. The highest BCUT2D eigenvalue weighted by Crippen LogP contribution is 2.31. The van der Waals surface area contributed by atoms with Crippen molar-refractivity contribution in [1.29, 1.82) is 0 Å². The van der Waals surface area contributed by atoms with Crippen LogP contribution in [-0.2, 0) is 22.6 Å². The highest BCUT2D eigenvalue weighted by molar-refractivity contribution is 6.36. The summed E-state index contributed by atoms with van der Waals surface area (Å²) in [5.41, 5.74) is 4.23. The molecule has 31 heavy (non-hydrogen) atoms. The number of ether oxygens (including phenoxy) is 1. The lowest BCUT2D eigenvalue weighted by Gasteiger charge is -2.16. The Morgan fingerprint density at radius 1 is 0.806 bits per heavy atom. The zero-order valence-electron chi connectivity index (χ0n) is 17.6. The van der Waals surface area contributed by atoms with E-state index in [1.54, 1.807) is 7.11 Å². The van der Waals surface area contributed by atoms with Gasteiger partial charge in [-0.3, -0.25) is 14.5 Å². The number of benzene rings is 3. The highest BCUT2D eigenvalue weighted by Gasteiger charge is 2.39. The fourth-order valence-electron chi connectivity index (χ4n) is 3.59. The van der Waals surface area contributed by atoms with Gasteiger partial charge in [0.2, 0.25) is 0 Å². The Morgan fingerprint density at radius 3 is 2.06 bits per heavy atom. The van der Waals surface area contributed by atoms with Crippen molar-refractivity contribution in [3.63, 3.8) is 0 Å². The molecule has 0 saturated carbocycles. The molecule has 3 aromatic rings. The van der Waals surface area contributed by atoms with E-state index in [4.69, 9.17) is 4.74 Å². The number of nitrogens with zero attached hydrogens (tertiary/aromatic N) is 1. The van der Waals surface area contributed by atoms with Gasteiger partial charge in [0.1, 0.15) is 11.4 Å². The second-order valence-electron chi connectivity index (χ2n) is 7.34. The highest BCUT2D eigenvalue weighted by atomic mass is 16.5. The van der Waals surface area contributed by atoms with Crippen LogP contribution >= 0.6 is 0 Å². The van der Waals surface area contributed by atoms with Crippen molar-refractivity contribution in [3.05, 3.63) is 101 Å². The SMILES string of the molecule is CCc1ccc(NC2=C(c3ccccc3)C(=O)N(Cc3ccc(OC)cc3)C2=O)cc1. The minimum absolute atomic E-state index is 0.192. The van der Waals surface area contributed by atoms with Gasteiger partial charge in [0.05, 0.1) is 19.2 Å². The number of carbonyl (C=O) groups is 2. The van der Waals surface area contributed by atoms with Crippen molar-refractivity contribution in [1.82, 2.24) is 4.90 Å². The summed E-state index contributed by atoms with van der Waals surface area (Å²) in [5.74, 6) is 0.0859. The molecular formula is C26H24N2O3. The predicted molar refractivity (Wildman–Crippen MR) is 121 cm³/mol. The summed E-state index contributed by atoms with van der Waals surface area (Å²) in [7, 11) is 1.60. The van der Waals surface area contributed by atoms with Gasteiger partial charge < -0.3 is 10.1 Å². The molecule has 0 spiro atoms. The Bertz CT molecular complexity index is 1120. The minimum Gasteiger partial charge on any atom is -0.497 e. The summed E-state index contributed by atoms with van der Waals surface area (Å²) < 4.78 is 5.19. The van der Waals surface area contributed by atoms with E-state index in [0.717, 1.165) is 23.4 Å². The first kappa shape index (κ1) is 20.4. The normalized spacial score (nSPS) is 13.7. The van der Waals surface area contributed by atoms with Gasteiger partial charge in [-0.25, -0.2) is 0 Å². The quantitative estimate of drug-likeness (QED) is 0.574. The molecule has 2 amide bonds. The Balaban J connectivity index is 1.67. The van der Waals surface area contributed by atoms with Crippen LogP contribution in [0.1, 0.15) is 23.6 Å². The van der Waals surface area contributed by atoms with Gasteiger partial charge in [0.15, 0.2) is 0 Å². The van der Waals surface area contributed by atoms with Crippen LogP contribution in [0.4, 0.5) is 5.69 Å². The van der Waals surface area contributed by atoms with Crippen molar-refractivity contribution >= 4 is 23.1 Å². The number of anilines is 1. The number of hydrogen-bond donors (Lipinski definition) is 1. The minimum atomic E-state index is -0.334. The molecule has 4 rings (SSSR count). The van der Waals surface area contributed by atoms with E-state index < -0.39 is 0 Å². The molecule has 0 atom stereocenters. The number of amides is 2. The van der Waals surface area contributed by atoms with Crippen LogP contribution in [0.25, 0.3) is 5.57 Å². The maximum atomic E-state index is 13.3. The molecule has 0 aliphatic carbocycles. The average molecular weight is 412 g/mol. The van der Waals surface area contributed by atoms with Crippen molar-refractivity contribution in [2.24, 2.45) is 0 Å². The smallest absolute Gasteiger partial charge is 0.278 e. The van der Waals surface area contributed by atoms with Crippen LogP contribution in [0.5, 0.6) is 5.75 Å². The molecule has 0 fully saturated rings. The van der Waals surface area contributed by atoms with E-state index in [1.165, 1.54) is 10.5 Å². The molecule has 0 bridgehead atoms. The third-order valence-corrected chi connectivity index (χ3v) is 5.36. The van der Waals surface area contributed by atoms with E-state index in [9.17, 15) is 9.59 Å². The van der Waals surface area contributed by atoms with Crippen molar-refractivity contribution < 1.29 is 14.3 Å². The fraction of sp³-hybridized carbons (Fsp3) is 0.154. The second-order valence-corrected chi connectivity index (χ2v) is 7.34. The van der Waals surface area contributed by atoms with E-state index in [-0.39, 0.29) is 18.4 Å². The Morgan fingerprint density at radius 2 is 1.45 bits per heavy atom. The molecule has 0 unspecified atom stereocenters. The van der Waals surface area contributed by atoms with E-state index in [2.05, 4.69) is 12.2 Å². The van der Waals surface area contributed by atoms with Gasteiger partial charge in [-0.15, -0.1) is 0 Å². The molecule has 5 nitrogen and oxygen atoms in total. The largest absolute Gasteiger partial charge is 0.497 e. The molecule has 156 valence electrons. The average Bonchev–Trinajstić information content (AvgIpc) is 3.04. The molecule has 0 radical (unpaired) electrons. The summed E-state index contributed by atoms with van der Waals surface area (Å²) in [6.45, 7) is 2.28. The van der Waals surface area contributed by atoms with Gasteiger partial charge in [0.25, 0.3) is 11.8 Å². The monoisotopic (exact) mass is 412 g/mol. The van der Waals surface area contributed by atoms with Crippen LogP contribution < -0.4 is 10.1 Å². The topological polar surface area (TPSA) is 58.6 Å². The van der Waals surface area contributed by atoms with Crippen LogP contribution in [0.2, 0.25) is 0 Å². The first-order valence-corrected chi connectivity index (χ1v) is 10.3. The van der Waals surface area contributed by atoms with Gasteiger partial charge in [-0.2, -0.15) is 0 Å². The lowest BCUT2D eigenvalue weighted by Crippen LogP contribution is -2.32. The zero-order chi connectivity index (χ0) is 21.8. The van der Waals surface area contributed by atoms with Crippen LogP contribution in [0, 0.1) is 0 Å². The summed E-state index contributed by atoms with van der Waals surface area (Å²) in [6.07, 6.45) is 0.936. The summed E-state index contributed by atoms with van der Waals surface area (Å²) in [6, 6.07) is 24.5. The number of aryl methyl sites for hydroxylation is 1. The third kappa shape index (κ3) is 4.21. The number of carbonyl (C=O) groups excluding carboxylic acids is 2. The number of rotatable bonds is 7. The standard InChI is InChI=1S/C26H24N2O3/c1-3-18-9-13-21(14-10-18)27-24-23(20-7-5-4-6-8-20)25(29)28(26(24)30)17-19-11-15-22(31-2)16-12-19/h4-16,27H,3,17H2,1-2H3. The van der Waals surface area contributed by atoms with Crippen molar-refractivity contribution in [3.8, 4) is 5.75 Å². The molecule has 3 aromatic carbocycles. The number of imide groups is 1. The van der Waals surface area contributed by atoms with Crippen LogP contribution in [0.3, 0.4) is 0 Å². The lowest BCUT2D eigenvalue weighted by atomic mass is 10.0. The van der Waals surface area contributed by atoms with Gasteiger partial charge >= 0.3 is 0 Å². The third-order valence-electron chi connectivity index (χ3n) is 5.36. The molecular weight excluding hydrogens is 388 g/mol. The molecule has 5 heteroatoms. The Kier molecular flexibility index (Phi) is 5.85. The van der Waals surface area contributed by atoms with Crippen LogP contribution in [0.15, 0.2) is 84.6 Å². The van der Waals surface area contributed by atoms with Crippen LogP contribution in [-0.4, -0.2) is 23.8 Å². The number of hydrogen-bond acceptors (Lipinski definition) is 4. The molecule has 0 aromatic heterocycles. The van der Waals surface area contributed by atoms with Gasteiger partial charge in [0, 0.05) is 5.69 Å². The Hall–Kier alpha value is -3.86. The summed E-state index contributed by atoms with van der Waals surface area (Å²) >= 11 is 0. The predicted octanol–water partition coefficient (Wildman–Crippen LogP) is 4.65. The van der Waals surface area contributed by atoms with E-state index in [0.29, 0.717) is 16.8 Å². The maximum Gasteiger partial charge on any atom is 0.278 e. The second kappa shape index (κ2) is 8.88.